The molecule has 0 unspecified atom stereocenters. The van der Waals surface area contributed by atoms with Crippen molar-refractivity contribution in [3.8, 4) is 0 Å². The van der Waals surface area contributed by atoms with Gasteiger partial charge in [0, 0.05) is 12.8 Å². The molecule has 0 aromatic heterocycles. The molecule has 3 heteroatoms. The molecule has 0 amide bonds. The summed E-state index contributed by atoms with van der Waals surface area (Å²) in [7, 11) is 0. The minimum Gasteiger partial charge on any atom is -0.455 e. The van der Waals surface area contributed by atoms with Crippen molar-refractivity contribution in [1.29, 1.82) is 0 Å². The second-order valence-corrected chi connectivity index (χ2v) is 4.27. The lowest BCUT2D eigenvalue weighted by molar-refractivity contribution is -0.156. The van der Waals surface area contributed by atoms with Gasteiger partial charge in [0.1, 0.15) is 0 Å². The van der Waals surface area contributed by atoms with Crippen molar-refractivity contribution >= 4 is 11.8 Å². The highest BCUT2D eigenvalue weighted by atomic mass is 16.5. The molecular weight excluding hydrogens is 192 g/mol. The maximum Gasteiger partial charge on any atom is 0.303 e. The molecule has 2 atom stereocenters. The summed E-state index contributed by atoms with van der Waals surface area (Å²) in [6.07, 6.45) is 5.37. The van der Waals surface area contributed by atoms with Crippen LogP contribution in [0.15, 0.2) is 0 Å². The molecule has 1 aliphatic carbocycles. The van der Waals surface area contributed by atoms with Crippen LogP contribution in [0.4, 0.5) is 0 Å². The Balaban J connectivity index is 2.47. The standard InChI is InChI=1S/C12H20O3/c1-3-4-6-10-7-5-8-11(12(10)14)15-9(2)13/h10-11H,3-8H2,1-2H3/t10-,11+/m1/s1. The minimum absolute atomic E-state index is 0.128. The largest absolute Gasteiger partial charge is 0.455 e. The monoisotopic (exact) mass is 212 g/mol. The van der Waals surface area contributed by atoms with E-state index >= 15 is 0 Å². The quantitative estimate of drug-likeness (QED) is 0.672. The number of unbranched alkanes of at least 4 members (excludes halogenated alkanes) is 1. The van der Waals surface area contributed by atoms with E-state index in [9.17, 15) is 9.59 Å². The Morgan fingerprint density at radius 2 is 2.20 bits per heavy atom. The van der Waals surface area contributed by atoms with Gasteiger partial charge in [-0.25, -0.2) is 0 Å². The van der Waals surface area contributed by atoms with Crippen LogP contribution < -0.4 is 0 Å². The molecule has 0 N–H and O–H groups in total. The molecule has 0 saturated heterocycles. The summed E-state index contributed by atoms with van der Waals surface area (Å²) in [5.74, 6) is -0.0718. The van der Waals surface area contributed by atoms with Crippen LogP contribution in [0, 0.1) is 5.92 Å². The SMILES string of the molecule is CCCC[C@@H]1CCC[C@H](OC(C)=O)C1=O. The summed E-state index contributed by atoms with van der Waals surface area (Å²) in [4.78, 5) is 22.7. The van der Waals surface area contributed by atoms with Crippen molar-refractivity contribution in [2.45, 2.75) is 58.5 Å². The van der Waals surface area contributed by atoms with Crippen LogP contribution in [0.25, 0.3) is 0 Å². The number of rotatable bonds is 4. The first-order valence-electron chi connectivity index (χ1n) is 5.86. The molecule has 1 aliphatic rings. The van der Waals surface area contributed by atoms with Gasteiger partial charge < -0.3 is 4.74 Å². The lowest BCUT2D eigenvalue weighted by atomic mass is 9.83. The van der Waals surface area contributed by atoms with Crippen molar-refractivity contribution in [3.05, 3.63) is 0 Å². The lowest BCUT2D eigenvalue weighted by Crippen LogP contribution is -2.35. The van der Waals surface area contributed by atoms with E-state index in [0.717, 1.165) is 32.1 Å². The van der Waals surface area contributed by atoms with E-state index in [-0.39, 0.29) is 17.7 Å². The first-order valence-corrected chi connectivity index (χ1v) is 5.86. The van der Waals surface area contributed by atoms with Gasteiger partial charge >= 0.3 is 5.97 Å². The van der Waals surface area contributed by atoms with E-state index in [1.54, 1.807) is 0 Å². The lowest BCUT2D eigenvalue weighted by Gasteiger charge is -2.27. The summed E-state index contributed by atoms with van der Waals surface area (Å²) in [6, 6.07) is 0. The van der Waals surface area contributed by atoms with Gasteiger partial charge in [0.05, 0.1) is 0 Å². The first-order chi connectivity index (χ1) is 7.15. The molecule has 0 bridgehead atoms. The van der Waals surface area contributed by atoms with E-state index in [1.807, 2.05) is 0 Å². The number of Topliss-reactive ketones (excluding diaryl/α,β-unsaturated/α-hetero) is 1. The van der Waals surface area contributed by atoms with Crippen LogP contribution in [-0.2, 0) is 14.3 Å². The zero-order valence-electron chi connectivity index (χ0n) is 9.62. The summed E-state index contributed by atoms with van der Waals surface area (Å²) < 4.78 is 5.03. The maximum absolute atomic E-state index is 11.9. The Morgan fingerprint density at radius 3 is 2.80 bits per heavy atom. The topological polar surface area (TPSA) is 43.4 Å². The fourth-order valence-corrected chi connectivity index (χ4v) is 2.15. The highest BCUT2D eigenvalue weighted by Crippen LogP contribution is 2.27. The summed E-state index contributed by atoms with van der Waals surface area (Å²) in [5.41, 5.74) is 0. The maximum atomic E-state index is 11.9. The van der Waals surface area contributed by atoms with E-state index in [4.69, 9.17) is 4.74 Å². The number of carbonyl (C=O) groups excluding carboxylic acids is 2. The number of ketones is 1. The van der Waals surface area contributed by atoms with Gasteiger partial charge in [-0.2, -0.15) is 0 Å². The van der Waals surface area contributed by atoms with Gasteiger partial charge in [0.25, 0.3) is 0 Å². The molecule has 3 nitrogen and oxygen atoms in total. The van der Waals surface area contributed by atoms with Crippen LogP contribution in [0.2, 0.25) is 0 Å². The van der Waals surface area contributed by atoms with Crippen molar-refractivity contribution in [3.63, 3.8) is 0 Å². The van der Waals surface area contributed by atoms with Gasteiger partial charge in [-0.15, -0.1) is 0 Å². The Bertz CT molecular complexity index is 235. The molecule has 0 heterocycles. The molecule has 0 aromatic rings. The molecule has 1 rings (SSSR count). The van der Waals surface area contributed by atoms with Gasteiger partial charge in [-0.05, 0) is 25.7 Å². The third-order valence-electron chi connectivity index (χ3n) is 2.95. The smallest absolute Gasteiger partial charge is 0.303 e. The number of hydrogen-bond acceptors (Lipinski definition) is 3. The van der Waals surface area contributed by atoms with E-state index in [2.05, 4.69) is 6.92 Å². The fourth-order valence-electron chi connectivity index (χ4n) is 2.15. The Hall–Kier alpha value is -0.860. The number of hydrogen-bond donors (Lipinski definition) is 0. The van der Waals surface area contributed by atoms with Gasteiger partial charge in [-0.3, -0.25) is 9.59 Å². The van der Waals surface area contributed by atoms with Crippen molar-refractivity contribution in [1.82, 2.24) is 0 Å². The average molecular weight is 212 g/mol. The zero-order valence-corrected chi connectivity index (χ0v) is 9.62. The van der Waals surface area contributed by atoms with E-state index in [1.165, 1.54) is 6.92 Å². The molecule has 0 aromatic carbocycles. The van der Waals surface area contributed by atoms with Crippen molar-refractivity contribution in [2.75, 3.05) is 0 Å². The normalized spacial score (nSPS) is 26.4. The Labute approximate surface area is 91.2 Å². The molecule has 0 radical (unpaired) electrons. The average Bonchev–Trinajstić information content (AvgIpc) is 2.19. The summed E-state index contributed by atoms with van der Waals surface area (Å²) in [5, 5.41) is 0. The second-order valence-electron chi connectivity index (χ2n) is 4.27. The molecule has 1 saturated carbocycles. The number of esters is 1. The van der Waals surface area contributed by atoms with Crippen molar-refractivity contribution in [2.24, 2.45) is 5.92 Å². The Kier molecular flexibility index (Phi) is 4.79. The van der Waals surface area contributed by atoms with Gasteiger partial charge in [0.15, 0.2) is 11.9 Å². The highest BCUT2D eigenvalue weighted by molar-refractivity contribution is 5.87. The van der Waals surface area contributed by atoms with Crippen LogP contribution in [0.1, 0.15) is 52.4 Å². The van der Waals surface area contributed by atoms with E-state index in [0.29, 0.717) is 6.42 Å². The van der Waals surface area contributed by atoms with Crippen LogP contribution in [-0.4, -0.2) is 17.9 Å². The fraction of sp³-hybridized carbons (Fsp3) is 0.833. The molecule has 86 valence electrons. The predicted octanol–water partition coefficient (Wildman–Crippen LogP) is 2.48. The minimum atomic E-state index is -0.460. The van der Waals surface area contributed by atoms with Crippen LogP contribution in [0.5, 0.6) is 0 Å². The second kappa shape index (κ2) is 5.89. The summed E-state index contributed by atoms with van der Waals surface area (Å²) in [6.45, 7) is 3.49. The molecule has 1 fully saturated rings. The van der Waals surface area contributed by atoms with Crippen LogP contribution in [0.3, 0.4) is 0 Å². The zero-order chi connectivity index (χ0) is 11.3. The molecule has 15 heavy (non-hydrogen) atoms. The number of carbonyl (C=O) groups is 2. The number of ether oxygens (including phenoxy) is 1. The van der Waals surface area contributed by atoms with Crippen molar-refractivity contribution < 1.29 is 14.3 Å². The third kappa shape index (κ3) is 3.65. The molecular formula is C12H20O3. The molecule has 0 aliphatic heterocycles. The Morgan fingerprint density at radius 1 is 1.47 bits per heavy atom. The van der Waals surface area contributed by atoms with Gasteiger partial charge in [0.2, 0.25) is 0 Å². The molecule has 0 spiro atoms. The third-order valence-corrected chi connectivity index (χ3v) is 2.95. The van der Waals surface area contributed by atoms with E-state index < -0.39 is 6.10 Å². The predicted molar refractivity (Wildman–Crippen MR) is 57.4 cm³/mol. The van der Waals surface area contributed by atoms with Gasteiger partial charge in [-0.1, -0.05) is 19.8 Å². The van der Waals surface area contributed by atoms with Crippen LogP contribution >= 0.6 is 0 Å². The highest BCUT2D eigenvalue weighted by Gasteiger charge is 2.32. The summed E-state index contributed by atoms with van der Waals surface area (Å²) >= 11 is 0. The first kappa shape index (κ1) is 12.2.